The fraction of sp³-hybridized carbons (Fsp3) is 0.0370. The molecule has 0 aliphatic rings. The molecular weight excluding hydrogens is 681 g/mol. The molecule has 0 N–H and O–H groups in total. The van der Waals surface area contributed by atoms with Crippen LogP contribution in [0.5, 0.6) is 11.5 Å². The summed E-state index contributed by atoms with van der Waals surface area (Å²) in [6.07, 6.45) is 0. The lowest BCUT2D eigenvalue weighted by atomic mass is 9.89. The summed E-state index contributed by atoms with van der Waals surface area (Å²) in [5, 5.41) is 9.42. The number of hydrogen-bond donors (Lipinski definition) is 0. The minimum atomic E-state index is 0.450. The lowest BCUT2D eigenvalue weighted by Gasteiger charge is -2.21. The monoisotopic (exact) mass is 718 g/mol. The number of fused-ring (bicyclic) bond motifs is 4. The maximum Gasteiger partial charge on any atom is 0.128 e. The summed E-state index contributed by atoms with van der Waals surface area (Å²) in [6.45, 7) is 0.900. The van der Waals surface area contributed by atoms with E-state index < -0.39 is 0 Å². The van der Waals surface area contributed by atoms with Gasteiger partial charge in [-0.25, -0.2) is 0 Å². The fourth-order valence-electron chi connectivity index (χ4n) is 7.94. The van der Waals surface area contributed by atoms with Crippen LogP contribution in [0.25, 0.3) is 76.5 Å². The molecular formula is C54H38O2. The molecule has 0 saturated heterocycles. The van der Waals surface area contributed by atoms with Crippen molar-refractivity contribution in [1.29, 1.82) is 0 Å². The molecule has 0 heterocycles. The van der Waals surface area contributed by atoms with Gasteiger partial charge in [-0.05, 0) is 113 Å². The highest BCUT2D eigenvalue weighted by molar-refractivity contribution is 6.11. The first-order valence-electron chi connectivity index (χ1n) is 19.2. The van der Waals surface area contributed by atoms with Crippen molar-refractivity contribution < 1.29 is 9.47 Å². The van der Waals surface area contributed by atoms with E-state index in [9.17, 15) is 0 Å². The first-order chi connectivity index (χ1) is 27.7. The van der Waals surface area contributed by atoms with Crippen molar-refractivity contribution in [3.8, 4) is 44.9 Å². The van der Waals surface area contributed by atoms with Crippen molar-refractivity contribution >= 4 is 43.1 Å². The van der Waals surface area contributed by atoms with E-state index in [1.54, 1.807) is 0 Å². The molecule has 0 aliphatic heterocycles. The van der Waals surface area contributed by atoms with Gasteiger partial charge in [-0.1, -0.05) is 170 Å². The van der Waals surface area contributed by atoms with E-state index in [1.165, 1.54) is 43.8 Å². The molecule has 0 fully saturated rings. The summed E-state index contributed by atoms with van der Waals surface area (Å²) < 4.78 is 13.6. The molecule has 0 aliphatic carbocycles. The van der Waals surface area contributed by atoms with Crippen LogP contribution < -0.4 is 9.47 Å². The van der Waals surface area contributed by atoms with E-state index in [1.807, 2.05) is 12.1 Å². The molecule has 56 heavy (non-hydrogen) atoms. The third-order valence-electron chi connectivity index (χ3n) is 10.9. The van der Waals surface area contributed by atoms with E-state index in [-0.39, 0.29) is 0 Å². The van der Waals surface area contributed by atoms with Crippen LogP contribution in [0.4, 0.5) is 0 Å². The molecule has 266 valence electrons. The minimum Gasteiger partial charge on any atom is -0.488 e. The molecule has 10 rings (SSSR count). The number of benzene rings is 10. The van der Waals surface area contributed by atoms with Crippen molar-refractivity contribution in [1.82, 2.24) is 0 Å². The summed E-state index contributed by atoms with van der Waals surface area (Å²) >= 11 is 0. The Morgan fingerprint density at radius 2 is 0.607 bits per heavy atom. The van der Waals surface area contributed by atoms with Crippen molar-refractivity contribution in [2.45, 2.75) is 13.2 Å². The average Bonchev–Trinajstić information content (AvgIpc) is 3.27. The Hall–Kier alpha value is -7.16. The van der Waals surface area contributed by atoms with Gasteiger partial charge in [0.05, 0.1) is 0 Å². The van der Waals surface area contributed by atoms with E-state index >= 15 is 0 Å². The van der Waals surface area contributed by atoms with Crippen LogP contribution in [0, 0.1) is 0 Å². The molecule has 0 atom stereocenters. The Morgan fingerprint density at radius 3 is 1.04 bits per heavy atom. The zero-order chi connectivity index (χ0) is 37.3. The Kier molecular flexibility index (Phi) is 8.70. The lowest BCUT2D eigenvalue weighted by molar-refractivity contribution is 0.303. The standard InChI is InChI=1S/C54H38O2/c1-3-11-37(12-4-1)35-55-51-29-25-47-33-45(43-21-19-39-15-7-9-17-41(39)31-43)23-27-49(47)53(51)54-50-28-24-46(44-22-20-40-16-8-10-18-42(40)32-44)34-48(50)26-30-52(54)56-36-38-13-5-2-6-14-38/h1-34H,35-36H2. The number of ether oxygens (including phenoxy) is 2. The minimum absolute atomic E-state index is 0.450. The normalized spacial score (nSPS) is 11.4. The van der Waals surface area contributed by atoms with Gasteiger partial charge in [0.2, 0.25) is 0 Å². The Morgan fingerprint density at radius 1 is 0.268 bits per heavy atom. The van der Waals surface area contributed by atoms with Crippen LogP contribution in [0.3, 0.4) is 0 Å². The third kappa shape index (κ3) is 6.52. The second kappa shape index (κ2) is 14.6. The predicted molar refractivity (Wildman–Crippen MR) is 234 cm³/mol. The molecule has 2 heteroatoms. The molecule has 2 nitrogen and oxygen atoms in total. The first-order valence-corrected chi connectivity index (χ1v) is 19.2. The quantitative estimate of drug-likeness (QED) is 0.148. The van der Waals surface area contributed by atoms with Crippen LogP contribution in [0.1, 0.15) is 11.1 Å². The Bertz CT molecular complexity index is 2810. The summed E-state index contributed by atoms with van der Waals surface area (Å²) in [5.41, 5.74) is 9.00. The van der Waals surface area contributed by atoms with E-state index in [4.69, 9.17) is 9.47 Å². The summed E-state index contributed by atoms with van der Waals surface area (Å²) in [7, 11) is 0. The van der Waals surface area contributed by atoms with Crippen molar-refractivity contribution in [3.05, 3.63) is 217 Å². The van der Waals surface area contributed by atoms with Crippen LogP contribution in [0.2, 0.25) is 0 Å². The highest BCUT2D eigenvalue weighted by atomic mass is 16.5. The molecule has 0 unspecified atom stereocenters. The Balaban J connectivity index is 1.16. The van der Waals surface area contributed by atoms with Gasteiger partial charge in [-0.15, -0.1) is 0 Å². The van der Waals surface area contributed by atoms with Gasteiger partial charge in [0.15, 0.2) is 0 Å². The molecule has 10 aromatic rings. The van der Waals surface area contributed by atoms with Gasteiger partial charge in [0.25, 0.3) is 0 Å². The topological polar surface area (TPSA) is 18.5 Å². The van der Waals surface area contributed by atoms with Gasteiger partial charge >= 0.3 is 0 Å². The SMILES string of the molecule is c1ccc(COc2ccc3cc(-c4ccc5ccccc5c4)ccc3c2-c2c(OCc3ccccc3)ccc3cc(-c4ccc5ccccc5c4)ccc23)cc1. The fourth-order valence-corrected chi connectivity index (χ4v) is 7.94. The van der Waals surface area contributed by atoms with Crippen LogP contribution in [-0.2, 0) is 13.2 Å². The van der Waals surface area contributed by atoms with E-state index in [2.05, 4.69) is 194 Å². The van der Waals surface area contributed by atoms with Gasteiger partial charge in [-0.2, -0.15) is 0 Å². The second-order valence-corrected chi connectivity index (χ2v) is 14.4. The highest BCUT2D eigenvalue weighted by Crippen LogP contribution is 2.47. The van der Waals surface area contributed by atoms with Crippen molar-refractivity contribution in [2.75, 3.05) is 0 Å². The smallest absolute Gasteiger partial charge is 0.128 e. The van der Waals surface area contributed by atoms with Crippen LogP contribution in [-0.4, -0.2) is 0 Å². The summed E-state index contributed by atoms with van der Waals surface area (Å²) in [4.78, 5) is 0. The second-order valence-electron chi connectivity index (χ2n) is 14.4. The molecule has 0 radical (unpaired) electrons. The lowest BCUT2D eigenvalue weighted by Crippen LogP contribution is -2.01. The molecule has 10 aromatic carbocycles. The van der Waals surface area contributed by atoms with Gasteiger partial charge < -0.3 is 9.47 Å². The maximum absolute atomic E-state index is 6.79. The molecule has 0 amide bonds. The molecule has 0 aromatic heterocycles. The molecule has 0 bridgehead atoms. The largest absolute Gasteiger partial charge is 0.488 e. The van der Waals surface area contributed by atoms with Crippen molar-refractivity contribution in [2.24, 2.45) is 0 Å². The van der Waals surface area contributed by atoms with Crippen LogP contribution >= 0.6 is 0 Å². The number of rotatable bonds is 9. The highest BCUT2D eigenvalue weighted by Gasteiger charge is 2.21. The van der Waals surface area contributed by atoms with Gasteiger partial charge in [0, 0.05) is 11.1 Å². The van der Waals surface area contributed by atoms with E-state index in [0.717, 1.165) is 55.3 Å². The Labute approximate surface area is 326 Å². The molecule has 0 saturated carbocycles. The first kappa shape index (κ1) is 33.4. The zero-order valence-corrected chi connectivity index (χ0v) is 30.9. The van der Waals surface area contributed by atoms with Crippen molar-refractivity contribution in [3.63, 3.8) is 0 Å². The average molecular weight is 719 g/mol. The molecule has 0 spiro atoms. The van der Waals surface area contributed by atoms with Gasteiger partial charge in [-0.3, -0.25) is 0 Å². The number of hydrogen-bond acceptors (Lipinski definition) is 2. The zero-order valence-electron chi connectivity index (χ0n) is 30.9. The summed E-state index contributed by atoms with van der Waals surface area (Å²) in [5.74, 6) is 1.63. The summed E-state index contributed by atoms with van der Waals surface area (Å²) in [6, 6.07) is 73.5. The van der Waals surface area contributed by atoms with Gasteiger partial charge in [0.1, 0.15) is 24.7 Å². The van der Waals surface area contributed by atoms with E-state index in [0.29, 0.717) is 13.2 Å². The third-order valence-corrected chi connectivity index (χ3v) is 10.9. The predicted octanol–water partition coefficient (Wildman–Crippen LogP) is 14.5. The maximum atomic E-state index is 6.79. The van der Waals surface area contributed by atoms with Crippen LogP contribution in [0.15, 0.2) is 206 Å².